The summed E-state index contributed by atoms with van der Waals surface area (Å²) in [6.45, 7) is 2.10. The van der Waals surface area contributed by atoms with Crippen molar-refractivity contribution in [3.05, 3.63) is 0 Å². The average Bonchev–Trinajstić information content (AvgIpc) is 2.49. The number of rotatable bonds is 5. The van der Waals surface area contributed by atoms with Gasteiger partial charge in [-0.3, -0.25) is 4.21 Å². The van der Waals surface area contributed by atoms with E-state index in [2.05, 4.69) is 12.2 Å². The third-order valence-corrected chi connectivity index (χ3v) is 3.63. The lowest BCUT2D eigenvalue weighted by Crippen LogP contribution is -2.41. The molecule has 0 aromatic heterocycles. The third-order valence-electron chi connectivity index (χ3n) is 2.82. The SMILES string of the molecule is CC(CCS(C)=O)NC1CCCC1O. The molecule has 0 heterocycles. The molecule has 1 rings (SSSR count). The summed E-state index contributed by atoms with van der Waals surface area (Å²) in [6.07, 6.45) is 5.59. The van der Waals surface area contributed by atoms with Crippen LogP contribution in [0.4, 0.5) is 0 Å². The maximum absolute atomic E-state index is 10.9. The highest BCUT2D eigenvalue weighted by atomic mass is 32.2. The number of aliphatic hydroxyl groups is 1. The van der Waals surface area contributed by atoms with E-state index in [1.54, 1.807) is 6.26 Å². The highest BCUT2D eigenvalue weighted by Crippen LogP contribution is 2.19. The molecule has 0 aliphatic heterocycles. The first kappa shape index (κ1) is 12.1. The minimum Gasteiger partial charge on any atom is -0.392 e. The summed E-state index contributed by atoms with van der Waals surface area (Å²) in [5, 5.41) is 13.0. The van der Waals surface area contributed by atoms with Crippen LogP contribution in [0, 0.1) is 0 Å². The normalized spacial score (nSPS) is 31.6. The van der Waals surface area contributed by atoms with Gasteiger partial charge in [0.15, 0.2) is 0 Å². The Labute approximate surface area is 88.7 Å². The van der Waals surface area contributed by atoms with Crippen molar-refractivity contribution in [2.45, 2.75) is 50.8 Å². The smallest absolute Gasteiger partial charge is 0.0693 e. The monoisotopic (exact) mass is 219 g/mol. The molecule has 84 valence electrons. The predicted octanol–water partition coefficient (Wildman–Crippen LogP) is 0.646. The zero-order chi connectivity index (χ0) is 10.6. The first-order valence-electron chi connectivity index (χ1n) is 5.33. The Kier molecular flexibility index (Phi) is 5.06. The van der Waals surface area contributed by atoms with Gasteiger partial charge >= 0.3 is 0 Å². The second-order valence-electron chi connectivity index (χ2n) is 4.24. The number of hydrogen-bond donors (Lipinski definition) is 2. The molecule has 1 aliphatic rings. The van der Waals surface area contributed by atoms with Crippen LogP contribution in [0.15, 0.2) is 0 Å². The number of hydrogen-bond acceptors (Lipinski definition) is 3. The largest absolute Gasteiger partial charge is 0.392 e. The molecule has 4 atom stereocenters. The summed E-state index contributed by atoms with van der Waals surface area (Å²) in [7, 11) is -0.700. The van der Waals surface area contributed by atoms with Crippen molar-refractivity contribution < 1.29 is 9.32 Å². The predicted molar refractivity (Wildman–Crippen MR) is 59.8 cm³/mol. The Balaban J connectivity index is 2.19. The summed E-state index contributed by atoms with van der Waals surface area (Å²) in [5.74, 6) is 0.747. The van der Waals surface area contributed by atoms with Crippen LogP contribution in [-0.4, -0.2) is 39.5 Å². The summed E-state index contributed by atoms with van der Waals surface area (Å²) < 4.78 is 10.9. The number of aliphatic hydroxyl groups excluding tert-OH is 1. The molecule has 0 saturated heterocycles. The van der Waals surface area contributed by atoms with Gasteiger partial charge in [-0.25, -0.2) is 0 Å². The van der Waals surface area contributed by atoms with Gasteiger partial charge in [-0.1, -0.05) is 0 Å². The lowest BCUT2D eigenvalue weighted by Gasteiger charge is -2.21. The number of nitrogens with one attached hydrogen (secondary N) is 1. The second-order valence-corrected chi connectivity index (χ2v) is 5.79. The molecule has 4 unspecified atom stereocenters. The van der Waals surface area contributed by atoms with Gasteiger partial charge in [-0.2, -0.15) is 0 Å². The van der Waals surface area contributed by atoms with Crippen LogP contribution in [0.1, 0.15) is 32.6 Å². The van der Waals surface area contributed by atoms with Crippen molar-refractivity contribution in [1.29, 1.82) is 0 Å². The van der Waals surface area contributed by atoms with Crippen LogP contribution < -0.4 is 5.32 Å². The van der Waals surface area contributed by atoms with Crippen molar-refractivity contribution in [3.8, 4) is 0 Å². The minimum absolute atomic E-state index is 0.176. The zero-order valence-electron chi connectivity index (χ0n) is 9.03. The van der Waals surface area contributed by atoms with E-state index < -0.39 is 10.8 Å². The lowest BCUT2D eigenvalue weighted by atomic mass is 10.1. The van der Waals surface area contributed by atoms with E-state index in [0.717, 1.165) is 31.4 Å². The van der Waals surface area contributed by atoms with Crippen molar-refractivity contribution in [2.75, 3.05) is 12.0 Å². The van der Waals surface area contributed by atoms with Crippen molar-refractivity contribution >= 4 is 10.8 Å². The van der Waals surface area contributed by atoms with E-state index in [-0.39, 0.29) is 12.1 Å². The van der Waals surface area contributed by atoms with Gasteiger partial charge in [0.05, 0.1) is 6.10 Å². The van der Waals surface area contributed by atoms with E-state index in [1.165, 1.54) is 0 Å². The maximum atomic E-state index is 10.9. The lowest BCUT2D eigenvalue weighted by molar-refractivity contribution is 0.143. The van der Waals surface area contributed by atoms with Gasteiger partial charge in [0.25, 0.3) is 0 Å². The third kappa shape index (κ3) is 4.07. The maximum Gasteiger partial charge on any atom is 0.0693 e. The fourth-order valence-electron chi connectivity index (χ4n) is 1.93. The second kappa shape index (κ2) is 5.83. The molecule has 1 fully saturated rings. The van der Waals surface area contributed by atoms with Crippen LogP contribution in [0.2, 0.25) is 0 Å². The average molecular weight is 219 g/mol. The molecular formula is C10H21NO2S. The van der Waals surface area contributed by atoms with Crippen LogP contribution in [0.25, 0.3) is 0 Å². The molecule has 1 saturated carbocycles. The highest BCUT2D eigenvalue weighted by molar-refractivity contribution is 7.84. The van der Waals surface area contributed by atoms with Crippen molar-refractivity contribution in [1.82, 2.24) is 5.32 Å². The summed E-state index contributed by atoms with van der Waals surface area (Å²) in [4.78, 5) is 0. The molecule has 2 N–H and O–H groups in total. The zero-order valence-corrected chi connectivity index (χ0v) is 9.85. The fraction of sp³-hybridized carbons (Fsp3) is 1.00. The minimum atomic E-state index is -0.700. The van der Waals surface area contributed by atoms with E-state index in [4.69, 9.17) is 0 Å². The van der Waals surface area contributed by atoms with Crippen LogP contribution in [0.5, 0.6) is 0 Å². The first-order chi connectivity index (χ1) is 6.59. The fourth-order valence-corrected chi connectivity index (χ4v) is 2.61. The van der Waals surface area contributed by atoms with Gasteiger partial charge in [0.1, 0.15) is 0 Å². The van der Waals surface area contributed by atoms with E-state index in [1.807, 2.05) is 0 Å². The first-order valence-corrected chi connectivity index (χ1v) is 7.06. The topological polar surface area (TPSA) is 49.3 Å². The van der Waals surface area contributed by atoms with Gasteiger partial charge < -0.3 is 10.4 Å². The highest BCUT2D eigenvalue weighted by Gasteiger charge is 2.25. The van der Waals surface area contributed by atoms with E-state index in [0.29, 0.717) is 6.04 Å². The molecule has 0 bridgehead atoms. The standard InChI is InChI=1S/C10H21NO2S/c1-8(6-7-14(2)13)11-9-4-3-5-10(9)12/h8-12H,3-7H2,1-2H3. The van der Waals surface area contributed by atoms with E-state index in [9.17, 15) is 9.32 Å². The van der Waals surface area contributed by atoms with Crippen molar-refractivity contribution in [2.24, 2.45) is 0 Å². The molecule has 14 heavy (non-hydrogen) atoms. The summed E-state index contributed by atoms with van der Waals surface area (Å²) in [5.41, 5.74) is 0. The Hall–Kier alpha value is 0.0700. The Morgan fingerprint density at radius 3 is 2.79 bits per heavy atom. The van der Waals surface area contributed by atoms with Crippen LogP contribution >= 0.6 is 0 Å². The van der Waals surface area contributed by atoms with Gasteiger partial charge in [0, 0.05) is 34.9 Å². The Morgan fingerprint density at radius 2 is 2.29 bits per heavy atom. The summed E-state index contributed by atoms with van der Waals surface area (Å²) >= 11 is 0. The van der Waals surface area contributed by atoms with Gasteiger partial charge in [-0.15, -0.1) is 0 Å². The molecule has 0 radical (unpaired) electrons. The van der Waals surface area contributed by atoms with E-state index >= 15 is 0 Å². The molecule has 4 heteroatoms. The summed E-state index contributed by atoms with van der Waals surface area (Å²) in [6, 6.07) is 0.618. The van der Waals surface area contributed by atoms with Crippen molar-refractivity contribution in [3.63, 3.8) is 0 Å². The van der Waals surface area contributed by atoms with Crippen LogP contribution in [-0.2, 0) is 10.8 Å². The molecular weight excluding hydrogens is 198 g/mol. The molecule has 0 amide bonds. The molecule has 0 aromatic carbocycles. The molecule has 0 spiro atoms. The quantitative estimate of drug-likeness (QED) is 0.713. The molecule has 1 aliphatic carbocycles. The molecule has 0 aromatic rings. The Bertz CT molecular complexity index is 199. The van der Waals surface area contributed by atoms with Gasteiger partial charge in [-0.05, 0) is 32.6 Å². The Morgan fingerprint density at radius 1 is 1.57 bits per heavy atom. The van der Waals surface area contributed by atoms with Gasteiger partial charge in [0.2, 0.25) is 0 Å². The molecule has 3 nitrogen and oxygen atoms in total. The van der Waals surface area contributed by atoms with Crippen LogP contribution in [0.3, 0.4) is 0 Å².